The van der Waals surface area contributed by atoms with Crippen molar-refractivity contribution >= 4 is 0 Å². The summed E-state index contributed by atoms with van der Waals surface area (Å²) in [4.78, 5) is 3.25. The number of aryl methyl sites for hydroxylation is 1. The summed E-state index contributed by atoms with van der Waals surface area (Å²) in [6, 6.07) is 4.53. The predicted molar refractivity (Wildman–Crippen MR) is 51.9 cm³/mol. The Hall–Kier alpha value is -1.29. The molecule has 0 saturated heterocycles. The highest BCUT2D eigenvalue weighted by molar-refractivity contribution is 5.38. The lowest BCUT2D eigenvalue weighted by molar-refractivity contribution is -0.184. The van der Waals surface area contributed by atoms with Gasteiger partial charge in [0.1, 0.15) is 11.5 Å². The van der Waals surface area contributed by atoms with E-state index in [4.69, 9.17) is 9.84 Å². The second kappa shape index (κ2) is 7.15. The summed E-state index contributed by atoms with van der Waals surface area (Å²) in [5.41, 5.74) is 0.729. The number of phenolic OH excluding ortho intramolecular Hbond substituents is 1. The lowest BCUT2D eigenvalue weighted by atomic mass is 10.2. The maximum atomic E-state index is 11.2. The zero-order valence-electron chi connectivity index (χ0n) is 8.58. The fourth-order valence-corrected chi connectivity index (χ4v) is 0.881. The molecule has 0 aromatic heterocycles. The molecule has 0 amide bonds. The van der Waals surface area contributed by atoms with Crippen LogP contribution >= 0.6 is 0 Å². The first-order valence-corrected chi connectivity index (χ1v) is 4.40. The molecule has 0 unspecified atom stereocenters. The molecule has 0 bridgehead atoms. The van der Waals surface area contributed by atoms with E-state index >= 15 is 0 Å². The van der Waals surface area contributed by atoms with Gasteiger partial charge in [-0.25, -0.2) is 0 Å². The van der Waals surface area contributed by atoms with Gasteiger partial charge in [0, 0.05) is 0 Å². The van der Waals surface area contributed by atoms with E-state index in [9.17, 15) is 4.53 Å². The Morgan fingerprint density at radius 1 is 1.36 bits per heavy atom. The lowest BCUT2D eigenvalue weighted by Gasteiger charge is -2.05. The van der Waals surface area contributed by atoms with Crippen molar-refractivity contribution in [2.45, 2.75) is 20.8 Å². The van der Waals surface area contributed by atoms with Crippen molar-refractivity contribution in [3.63, 3.8) is 0 Å². The molecular weight excluding hydrogens is 187 g/mol. The number of aromatic hydroxyl groups is 1. The van der Waals surface area contributed by atoms with Gasteiger partial charge in [0.25, 0.3) is 0 Å². The molecule has 0 fully saturated rings. The third-order valence-electron chi connectivity index (χ3n) is 1.42. The molecule has 0 atom stereocenters. The predicted octanol–water partition coefficient (Wildman–Crippen LogP) is 2.96. The Bertz CT molecular complexity index is 264. The minimum atomic E-state index is -0.439. The molecule has 1 aromatic rings. The second-order valence-corrected chi connectivity index (χ2v) is 2.32. The molecule has 0 radical (unpaired) electrons. The highest BCUT2D eigenvalue weighted by Crippen LogP contribution is 2.22. The van der Waals surface area contributed by atoms with E-state index in [1.807, 2.05) is 13.8 Å². The molecule has 0 heterocycles. The van der Waals surface area contributed by atoms with Crippen LogP contribution in [0, 0.1) is 6.92 Å². The van der Waals surface area contributed by atoms with E-state index in [1.165, 1.54) is 12.1 Å². The van der Waals surface area contributed by atoms with Gasteiger partial charge in [-0.1, -0.05) is 13.8 Å². The summed E-state index contributed by atoms with van der Waals surface area (Å²) in [6.07, 6.45) is 0. The SMILES string of the molecule is CC.Cc1cc(O)ccc1OCOF. The average Bonchev–Trinajstić information content (AvgIpc) is 2.20. The van der Waals surface area contributed by atoms with Crippen LogP contribution in [0.1, 0.15) is 19.4 Å². The van der Waals surface area contributed by atoms with E-state index in [2.05, 4.69) is 4.94 Å². The third kappa shape index (κ3) is 4.09. The molecule has 1 rings (SSSR count). The molecule has 1 aromatic carbocycles. The molecule has 3 nitrogen and oxygen atoms in total. The van der Waals surface area contributed by atoms with Crippen LogP contribution in [-0.2, 0) is 4.94 Å². The maximum Gasteiger partial charge on any atom is 0.226 e. The molecule has 0 aliphatic rings. The largest absolute Gasteiger partial charge is 0.508 e. The van der Waals surface area contributed by atoms with Crippen LogP contribution in [-0.4, -0.2) is 11.9 Å². The fraction of sp³-hybridized carbons (Fsp3) is 0.400. The smallest absolute Gasteiger partial charge is 0.226 e. The molecule has 4 heteroatoms. The van der Waals surface area contributed by atoms with Gasteiger partial charge in [-0.15, -0.1) is 0 Å². The van der Waals surface area contributed by atoms with Gasteiger partial charge in [0.2, 0.25) is 6.79 Å². The number of phenols is 1. The first kappa shape index (κ1) is 12.7. The van der Waals surface area contributed by atoms with Crippen LogP contribution in [0.15, 0.2) is 18.2 Å². The van der Waals surface area contributed by atoms with Gasteiger partial charge in [-0.3, -0.25) is 0 Å². The van der Waals surface area contributed by atoms with Gasteiger partial charge in [0.05, 0.1) is 0 Å². The molecular formula is C10H15FO3. The van der Waals surface area contributed by atoms with E-state index in [1.54, 1.807) is 13.0 Å². The summed E-state index contributed by atoms with van der Waals surface area (Å²) in [7, 11) is 0. The maximum absolute atomic E-state index is 11.2. The number of hydrogen-bond acceptors (Lipinski definition) is 3. The van der Waals surface area contributed by atoms with Gasteiger partial charge in [-0.2, -0.15) is 4.94 Å². The van der Waals surface area contributed by atoms with E-state index < -0.39 is 6.79 Å². The molecule has 0 aliphatic heterocycles. The van der Waals surface area contributed by atoms with Gasteiger partial charge >= 0.3 is 0 Å². The molecule has 14 heavy (non-hydrogen) atoms. The number of rotatable bonds is 3. The zero-order valence-corrected chi connectivity index (χ0v) is 8.58. The van der Waals surface area contributed by atoms with Gasteiger partial charge in [0.15, 0.2) is 0 Å². The number of ether oxygens (including phenoxy) is 1. The number of hydrogen-bond donors (Lipinski definition) is 1. The highest BCUT2D eigenvalue weighted by atomic mass is 19.3. The Morgan fingerprint density at radius 3 is 2.50 bits per heavy atom. The van der Waals surface area contributed by atoms with Crippen molar-refractivity contribution in [3.8, 4) is 11.5 Å². The Labute approximate surface area is 83.0 Å². The van der Waals surface area contributed by atoms with Crippen LogP contribution < -0.4 is 4.74 Å². The minimum Gasteiger partial charge on any atom is -0.508 e. The summed E-state index contributed by atoms with van der Waals surface area (Å²) >= 11 is 0. The normalized spacial score (nSPS) is 8.86. The lowest BCUT2D eigenvalue weighted by Crippen LogP contribution is -1.97. The molecule has 0 saturated carbocycles. The van der Waals surface area contributed by atoms with Crippen molar-refractivity contribution in [3.05, 3.63) is 23.8 Å². The first-order valence-electron chi connectivity index (χ1n) is 4.40. The van der Waals surface area contributed by atoms with E-state index in [0.717, 1.165) is 5.56 Å². The van der Waals surface area contributed by atoms with Crippen LogP contribution in [0.4, 0.5) is 4.53 Å². The Balaban J connectivity index is 0.000000791. The molecule has 80 valence electrons. The monoisotopic (exact) mass is 202 g/mol. The standard InChI is InChI=1S/C8H9FO3.C2H6/c1-6-4-7(10)2-3-8(6)11-5-12-9;1-2/h2-4,10H,5H2,1H3;1-2H3. The van der Waals surface area contributed by atoms with Crippen LogP contribution in [0.5, 0.6) is 11.5 Å². The van der Waals surface area contributed by atoms with E-state index in [-0.39, 0.29) is 5.75 Å². The molecule has 1 N–H and O–H groups in total. The summed E-state index contributed by atoms with van der Waals surface area (Å²) in [6.45, 7) is 5.30. The van der Waals surface area contributed by atoms with E-state index in [0.29, 0.717) is 5.75 Å². The fourth-order valence-electron chi connectivity index (χ4n) is 0.881. The topological polar surface area (TPSA) is 38.7 Å². The van der Waals surface area contributed by atoms with Crippen molar-refractivity contribution < 1.29 is 19.3 Å². The van der Waals surface area contributed by atoms with Crippen molar-refractivity contribution in [2.24, 2.45) is 0 Å². The van der Waals surface area contributed by atoms with Crippen LogP contribution in [0.3, 0.4) is 0 Å². The number of benzene rings is 1. The molecule has 0 spiro atoms. The molecule has 0 aliphatic carbocycles. The Kier molecular flexibility index (Phi) is 6.49. The third-order valence-corrected chi connectivity index (χ3v) is 1.42. The minimum absolute atomic E-state index is 0.154. The summed E-state index contributed by atoms with van der Waals surface area (Å²) < 4.78 is 16.0. The number of halogens is 1. The summed E-state index contributed by atoms with van der Waals surface area (Å²) in [5, 5.41) is 9.00. The highest BCUT2D eigenvalue weighted by Gasteiger charge is 1.99. The van der Waals surface area contributed by atoms with Crippen LogP contribution in [0.25, 0.3) is 0 Å². The average molecular weight is 202 g/mol. The van der Waals surface area contributed by atoms with Crippen molar-refractivity contribution in [1.82, 2.24) is 0 Å². The second-order valence-electron chi connectivity index (χ2n) is 2.32. The van der Waals surface area contributed by atoms with Gasteiger partial charge in [-0.05, 0) is 35.2 Å². The first-order chi connectivity index (χ1) is 6.74. The van der Waals surface area contributed by atoms with Crippen molar-refractivity contribution in [2.75, 3.05) is 6.79 Å². The Morgan fingerprint density at radius 2 is 2.00 bits per heavy atom. The van der Waals surface area contributed by atoms with Gasteiger partial charge < -0.3 is 9.84 Å². The van der Waals surface area contributed by atoms with Crippen molar-refractivity contribution in [1.29, 1.82) is 0 Å². The zero-order chi connectivity index (χ0) is 11.0. The summed E-state index contributed by atoms with van der Waals surface area (Å²) in [5.74, 6) is 0.645. The van der Waals surface area contributed by atoms with Crippen LogP contribution in [0.2, 0.25) is 0 Å². The quantitative estimate of drug-likeness (QED) is 0.766.